The van der Waals surface area contributed by atoms with Crippen LogP contribution in [0, 0.1) is 0 Å². The predicted molar refractivity (Wildman–Crippen MR) is 130 cm³/mol. The van der Waals surface area contributed by atoms with Gasteiger partial charge in [0.1, 0.15) is 0 Å². The van der Waals surface area contributed by atoms with E-state index in [4.69, 9.17) is 4.52 Å². The smallest absolute Gasteiger partial charge is 0.191 e. The molecule has 29 heavy (non-hydrogen) atoms. The summed E-state index contributed by atoms with van der Waals surface area (Å²) < 4.78 is 5.51. The topological polar surface area (TPSA) is 65.7 Å². The maximum atomic E-state index is 5.51. The van der Waals surface area contributed by atoms with Gasteiger partial charge in [0.25, 0.3) is 0 Å². The van der Waals surface area contributed by atoms with Gasteiger partial charge >= 0.3 is 0 Å². The van der Waals surface area contributed by atoms with E-state index in [-0.39, 0.29) is 24.0 Å². The first-order chi connectivity index (χ1) is 13.7. The largest absolute Gasteiger partial charge is 0.369 e. The van der Waals surface area contributed by atoms with Crippen molar-refractivity contribution in [3.63, 3.8) is 0 Å². The van der Waals surface area contributed by atoms with Crippen LogP contribution in [0.2, 0.25) is 0 Å². The minimum atomic E-state index is 0. The van der Waals surface area contributed by atoms with Crippen molar-refractivity contribution < 1.29 is 4.52 Å². The molecule has 1 aliphatic rings. The van der Waals surface area contributed by atoms with Crippen LogP contribution in [0.5, 0.6) is 0 Å². The van der Waals surface area contributed by atoms with Gasteiger partial charge in [-0.25, -0.2) is 0 Å². The highest BCUT2D eigenvalue weighted by Gasteiger charge is 2.21. The number of halogens is 1. The third-order valence-corrected chi connectivity index (χ3v) is 5.52. The van der Waals surface area contributed by atoms with Gasteiger partial charge < -0.3 is 20.1 Å². The molecule has 0 amide bonds. The average Bonchev–Trinajstić information content (AvgIpc) is 3.21. The van der Waals surface area contributed by atoms with Gasteiger partial charge in [-0.1, -0.05) is 37.2 Å². The first kappa shape index (κ1) is 23.5. The molecule has 0 bridgehead atoms. The van der Waals surface area contributed by atoms with Gasteiger partial charge in [-0.2, -0.15) is 0 Å². The number of guanidine groups is 1. The number of anilines is 1. The zero-order valence-corrected chi connectivity index (χ0v) is 20.1. The molecule has 0 aliphatic carbocycles. The lowest BCUT2D eigenvalue weighted by Gasteiger charge is -2.35. The van der Waals surface area contributed by atoms with Crippen molar-refractivity contribution in [2.24, 2.45) is 4.99 Å². The summed E-state index contributed by atoms with van der Waals surface area (Å²) in [5.41, 5.74) is 2.34. The lowest BCUT2D eigenvalue weighted by atomic mass is 9.99. The molecule has 1 unspecified atom stereocenters. The van der Waals surface area contributed by atoms with Gasteiger partial charge in [-0.3, -0.25) is 4.99 Å². The number of piperidine rings is 1. The Morgan fingerprint density at radius 1 is 1.28 bits per heavy atom. The van der Waals surface area contributed by atoms with E-state index >= 15 is 0 Å². The fourth-order valence-corrected chi connectivity index (χ4v) is 3.84. The Morgan fingerprint density at radius 2 is 2.03 bits per heavy atom. The van der Waals surface area contributed by atoms with Crippen LogP contribution in [0.4, 0.5) is 5.69 Å². The number of hydrogen-bond donors (Lipinski definition) is 2. The highest BCUT2D eigenvalue weighted by molar-refractivity contribution is 14.0. The van der Waals surface area contributed by atoms with Crippen LogP contribution in [-0.4, -0.2) is 37.3 Å². The standard InChI is InChI=1S/C22H33N5O.HI/c1-4-17(5-2)21-14-20(28-26-21)15-24-22(23-3)25-18-10-9-13-27(16-18)19-11-7-6-8-12-19;/h6-8,11-12,14,17-18H,4-5,9-10,13,15-16H2,1-3H3,(H2,23,24,25);1H. The van der Waals surface area contributed by atoms with Crippen LogP contribution in [0.3, 0.4) is 0 Å². The fraction of sp³-hybridized carbons (Fsp3) is 0.545. The Balaban J connectivity index is 0.00000300. The van der Waals surface area contributed by atoms with Crippen molar-refractivity contribution in [3.8, 4) is 0 Å². The molecule has 6 nitrogen and oxygen atoms in total. The summed E-state index contributed by atoms with van der Waals surface area (Å²) >= 11 is 0. The van der Waals surface area contributed by atoms with Crippen LogP contribution in [0.1, 0.15) is 56.9 Å². The van der Waals surface area contributed by atoms with Gasteiger partial charge in [0.15, 0.2) is 11.7 Å². The number of aliphatic imine (C=N–C) groups is 1. The number of nitrogens with zero attached hydrogens (tertiary/aromatic N) is 3. The van der Waals surface area contributed by atoms with Crippen LogP contribution in [-0.2, 0) is 6.54 Å². The van der Waals surface area contributed by atoms with Crippen molar-refractivity contribution in [1.82, 2.24) is 15.8 Å². The Kier molecular flexibility index (Phi) is 9.76. The third-order valence-electron chi connectivity index (χ3n) is 5.52. The number of hydrogen-bond acceptors (Lipinski definition) is 4. The summed E-state index contributed by atoms with van der Waals surface area (Å²) in [4.78, 5) is 6.82. The molecular formula is C22H34IN5O. The van der Waals surface area contributed by atoms with Crippen molar-refractivity contribution in [2.75, 3.05) is 25.0 Å². The van der Waals surface area contributed by atoms with E-state index in [2.05, 4.69) is 75.9 Å². The number of benzene rings is 1. The van der Waals surface area contributed by atoms with E-state index in [0.29, 0.717) is 18.5 Å². The Bertz CT molecular complexity index is 745. The third kappa shape index (κ3) is 6.62. The first-order valence-electron chi connectivity index (χ1n) is 10.5. The number of aromatic nitrogens is 1. The van der Waals surface area contributed by atoms with Crippen LogP contribution >= 0.6 is 24.0 Å². The Labute approximate surface area is 191 Å². The molecule has 2 N–H and O–H groups in total. The molecule has 0 spiro atoms. The highest BCUT2D eigenvalue weighted by Crippen LogP contribution is 2.22. The fourth-order valence-electron chi connectivity index (χ4n) is 3.84. The maximum Gasteiger partial charge on any atom is 0.191 e. The first-order valence-corrected chi connectivity index (χ1v) is 10.5. The SMILES string of the molecule is CCC(CC)c1cc(CNC(=NC)NC2CCCN(c3ccccc3)C2)on1.I. The molecule has 2 heterocycles. The lowest BCUT2D eigenvalue weighted by molar-refractivity contribution is 0.367. The molecule has 1 atom stereocenters. The average molecular weight is 511 g/mol. The molecule has 3 rings (SSSR count). The highest BCUT2D eigenvalue weighted by atomic mass is 127. The molecule has 1 aromatic carbocycles. The van der Waals surface area contributed by atoms with Gasteiger partial charge in [-0.05, 0) is 37.8 Å². The van der Waals surface area contributed by atoms with Crippen molar-refractivity contribution in [3.05, 3.63) is 47.9 Å². The number of rotatable bonds is 7. The molecular weight excluding hydrogens is 477 g/mol. The molecule has 1 aliphatic heterocycles. The summed E-state index contributed by atoms with van der Waals surface area (Å²) in [5, 5.41) is 11.2. The van der Waals surface area contributed by atoms with E-state index in [1.807, 2.05) is 7.05 Å². The zero-order valence-electron chi connectivity index (χ0n) is 17.7. The minimum Gasteiger partial charge on any atom is -0.369 e. The monoisotopic (exact) mass is 511 g/mol. The second-order valence-corrected chi connectivity index (χ2v) is 7.42. The molecule has 7 heteroatoms. The van der Waals surface area contributed by atoms with Crippen molar-refractivity contribution in [2.45, 2.75) is 58.0 Å². The summed E-state index contributed by atoms with van der Waals surface area (Å²) in [6.45, 7) is 7.05. The van der Waals surface area contributed by atoms with Crippen LogP contribution in [0.25, 0.3) is 0 Å². The van der Waals surface area contributed by atoms with E-state index in [1.165, 1.54) is 12.1 Å². The van der Waals surface area contributed by atoms with Gasteiger partial charge in [-0.15, -0.1) is 24.0 Å². The molecule has 1 fully saturated rings. The molecule has 1 aromatic heterocycles. The molecule has 0 saturated carbocycles. The summed E-state index contributed by atoms with van der Waals surface area (Å²) in [6.07, 6.45) is 4.48. The molecule has 0 radical (unpaired) electrons. The van der Waals surface area contributed by atoms with E-state index in [9.17, 15) is 0 Å². The number of para-hydroxylation sites is 1. The second-order valence-electron chi connectivity index (χ2n) is 7.42. The van der Waals surface area contributed by atoms with Gasteiger partial charge in [0.05, 0.1) is 12.2 Å². The van der Waals surface area contributed by atoms with Crippen LogP contribution in [0.15, 0.2) is 45.9 Å². The zero-order chi connectivity index (χ0) is 19.8. The normalized spacial score (nSPS) is 17.2. The molecule has 160 valence electrons. The van der Waals surface area contributed by atoms with Crippen molar-refractivity contribution >= 4 is 35.6 Å². The van der Waals surface area contributed by atoms with E-state index in [1.54, 1.807) is 0 Å². The maximum absolute atomic E-state index is 5.51. The van der Waals surface area contributed by atoms with E-state index < -0.39 is 0 Å². The summed E-state index contributed by atoms with van der Waals surface area (Å²) in [5.74, 6) is 2.13. The second kappa shape index (κ2) is 12.0. The lowest BCUT2D eigenvalue weighted by Crippen LogP contribution is -2.51. The summed E-state index contributed by atoms with van der Waals surface area (Å²) in [7, 11) is 1.81. The minimum absolute atomic E-state index is 0. The van der Waals surface area contributed by atoms with Gasteiger partial charge in [0.2, 0.25) is 0 Å². The Morgan fingerprint density at radius 3 is 2.72 bits per heavy atom. The van der Waals surface area contributed by atoms with Gasteiger partial charge in [0, 0.05) is 43.9 Å². The van der Waals surface area contributed by atoms with E-state index in [0.717, 1.165) is 49.8 Å². The van der Waals surface area contributed by atoms with Crippen LogP contribution < -0.4 is 15.5 Å². The Hall–Kier alpha value is -1.77. The summed E-state index contributed by atoms with van der Waals surface area (Å²) in [6, 6.07) is 13.0. The molecule has 2 aromatic rings. The number of nitrogens with one attached hydrogen (secondary N) is 2. The molecule has 1 saturated heterocycles. The van der Waals surface area contributed by atoms with Crippen molar-refractivity contribution in [1.29, 1.82) is 0 Å². The predicted octanol–water partition coefficient (Wildman–Crippen LogP) is 4.53. The quantitative estimate of drug-likeness (QED) is 0.325.